The number of hydrogen-bond acceptors (Lipinski definition) is 7. The second-order valence-corrected chi connectivity index (χ2v) is 9.02. The number of aromatic nitrogens is 2. The van der Waals surface area contributed by atoms with E-state index < -0.39 is 17.7 Å². The summed E-state index contributed by atoms with van der Waals surface area (Å²) >= 11 is 0. The average molecular weight is 482 g/mol. The molecule has 0 radical (unpaired) electrons. The summed E-state index contributed by atoms with van der Waals surface area (Å²) in [4.78, 5) is 37.7. The topological polar surface area (TPSA) is 79.7 Å². The molecule has 186 valence electrons. The van der Waals surface area contributed by atoms with Crippen LogP contribution in [0.4, 0.5) is 13.2 Å². The molecule has 2 aromatic rings. The lowest BCUT2D eigenvalue weighted by molar-refractivity contribution is -0.199. The molecule has 8 nitrogen and oxygen atoms in total. The largest absolute Gasteiger partial charge is 0.493 e. The Balaban J connectivity index is 1.48. The van der Waals surface area contributed by atoms with Gasteiger partial charge in [-0.05, 0) is 56.0 Å². The van der Waals surface area contributed by atoms with Crippen LogP contribution in [0.5, 0.6) is 0 Å². The Hall–Kier alpha value is -2.50. The molecular weight excluding hydrogens is 451 g/mol. The molecule has 4 heterocycles. The van der Waals surface area contributed by atoms with Crippen LogP contribution < -0.4 is 15.7 Å². The van der Waals surface area contributed by atoms with Crippen molar-refractivity contribution >= 4 is 17.0 Å². The number of piperazine rings is 1. The van der Waals surface area contributed by atoms with Crippen LogP contribution in [0.25, 0.3) is 11.0 Å². The zero-order valence-corrected chi connectivity index (χ0v) is 19.2. The number of piperidine rings is 1. The minimum atomic E-state index is -5.22. The Labute approximate surface area is 195 Å². The number of halogens is 3. The summed E-state index contributed by atoms with van der Waals surface area (Å²) in [6, 6.07) is 3.10. The van der Waals surface area contributed by atoms with Crippen molar-refractivity contribution < 1.29 is 22.8 Å². The fraction of sp³-hybridized carbons (Fsp3) is 0.609. The van der Waals surface area contributed by atoms with Crippen molar-refractivity contribution in [1.29, 1.82) is 0 Å². The first kappa shape index (κ1) is 24.6. The van der Waals surface area contributed by atoms with E-state index in [4.69, 9.17) is 0 Å². The lowest BCUT2D eigenvalue weighted by Crippen LogP contribution is -2.48. The molecule has 4 rings (SSSR count). The van der Waals surface area contributed by atoms with Crippen LogP contribution in [0.15, 0.2) is 23.1 Å². The Morgan fingerprint density at radius 1 is 1.15 bits per heavy atom. The van der Waals surface area contributed by atoms with E-state index in [2.05, 4.69) is 24.9 Å². The van der Waals surface area contributed by atoms with Crippen LogP contribution in [-0.2, 0) is 17.8 Å². The fourth-order valence-electron chi connectivity index (χ4n) is 4.63. The first-order valence-corrected chi connectivity index (χ1v) is 11.7. The molecule has 0 aliphatic carbocycles. The predicted octanol–water partition coefficient (Wildman–Crippen LogP) is 1.59. The van der Waals surface area contributed by atoms with E-state index in [1.165, 1.54) is 18.9 Å². The number of alkyl halides is 3. The molecule has 11 heteroatoms. The van der Waals surface area contributed by atoms with Crippen LogP contribution in [0.1, 0.15) is 30.9 Å². The second-order valence-electron chi connectivity index (χ2n) is 9.02. The van der Waals surface area contributed by atoms with E-state index in [-0.39, 0.29) is 17.5 Å². The van der Waals surface area contributed by atoms with Gasteiger partial charge < -0.3 is 15.1 Å². The monoisotopic (exact) mass is 481 g/mol. The minimum Gasteiger partial charge on any atom is -0.324 e. The van der Waals surface area contributed by atoms with Crippen LogP contribution in [0.3, 0.4) is 0 Å². The first-order chi connectivity index (χ1) is 16.2. The van der Waals surface area contributed by atoms with Crippen molar-refractivity contribution in [2.24, 2.45) is 5.92 Å². The molecule has 0 saturated carbocycles. The lowest BCUT2D eigenvalue weighted by Gasteiger charge is -2.37. The molecule has 2 aliphatic rings. The standard InChI is InChI=1S/C23H30F3N5O3/c1-2-18-12-19-20(31(21(18)32)34-22(33)23(24,25)26)11-17(13-28-19)15-30-9-7-29(8-10-30)14-16-3-5-27-6-4-16/h11-13,16,27H,2-10,14-15H2,1H3. The van der Waals surface area contributed by atoms with Crippen molar-refractivity contribution in [1.82, 2.24) is 24.8 Å². The maximum Gasteiger partial charge on any atom is 0.493 e. The van der Waals surface area contributed by atoms with Crippen molar-refractivity contribution in [2.75, 3.05) is 45.8 Å². The number of carbonyl (C=O) groups excluding carboxylic acids is 1. The molecule has 2 aromatic heterocycles. The molecular formula is C23H30F3N5O3. The zero-order chi connectivity index (χ0) is 24.3. The van der Waals surface area contributed by atoms with Crippen molar-refractivity contribution in [3.05, 3.63) is 39.8 Å². The summed E-state index contributed by atoms with van der Waals surface area (Å²) in [5.74, 6) is -1.71. The van der Waals surface area contributed by atoms with Gasteiger partial charge in [0.15, 0.2) is 0 Å². The highest BCUT2D eigenvalue weighted by Crippen LogP contribution is 2.19. The van der Waals surface area contributed by atoms with Gasteiger partial charge in [-0.25, -0.2) is 4.79 Å². The summed E-state index contributed by atoms with van der Waals surface area (Å²) in [6.07, 6.45) is -0.869. The highest BCUT2D eigenvalue weighted by atomic mass is 19.4. The van der Waals surface area contributed by atoms with Gasteiger partial charge in [0.05, 0.1) is 5.52 Å². The number of pyridine rings is 2. The maximum absolute atomic E-state index is 12.8. The number of rotatable bonds is 6. The van der Waals surface area contributed by atoms with Crippen molar-refractivity contribution in [3.63, 3.8) is 0 Å². The molecule has 0 aromatic carbocycles. The summed E-state index contributed by atoms with van der Waals surface area (Å²) in [5.41, 5.74) is 0.495. The van der Waals surface area contributed by atoms with Crippen LogP contribution >= 0.6 is 0 Å². The Morgan fingerprint density at radius 3 is 2.47 bits per heavy atom. The van der Waals surface area contributed by atoms with Crippen molar-refractivity contribution in [3.8, 4) is 0 Å². The smallest absolute Gasteiger partial charge is 0.324 e. The number of aryl methyl sites for hydroxylation is 1. The Kier molecular flexibility index (Phi) is 7.54. The number of fused-ring (bicyclic) bond motifs is 1. The van der Waals surface area contributed by atoms with Crippen LogP contribution in [-0.4, -0.2) is 77.5 Å². The van der Waals surface area contributed by atoms with E-state index in [0.29, 0.717) is 16.8 Å². The second kappa shape index (κ2) is 10.4. The summed E-state index contributed by atoms with van der Waals surface area (Å²) in [6.45, 7) is 9.17. The third-order valence-corrected chi connectivity index (χ3v) is 6.58. The van der Waals surface area contributed by atoms with Gasteiger partial charge in [-0.2, -0.15) is 13.2 Å². The quantitative estimate of drug-likeness (QED) is 0.671. The average Bonchev–Trinajstić information content (AvgIpc) is 2.82. The van der Waals surface area contributed by atoms with Gasteiger partial charge in [-0.3, -0.25) is 14.7 Å². The zero-order valence-electron chi connectivity index (χ0n) is 19.2. The summed E-state index contributed by atoms with van der Waals surface area (Å²) < 4.78 is 38.8. The number of hydrogen-bond donors (Lipinski definition) is 1. The molecule has 0 unspecified atom stereocenters. The minimum absolute atomic E-state index is 0.0434. The van der Waals surface area contributed by atoms with Crippen LogP contribution in [0, 0.1) is 5.92 Å². The molecule has 0 bridgehead atoms. The van der Waals surface area contributed by atoms with Gasteiger partial charge in [0.2, 0.25) is 0 Å². The Morgan fingerprint density at radius 2 is 1.82 bits per heavy atom. The number of carbonyl (C=O) groups is 1. The highest BCUT2D eigenvalue weighted by Gasteiger charge is 2.42. The third kappa shape index (κ3) is 5.76. The van der Waals surface area contributed by atoms with E-state index in [1.807, 2.05) is 0 Å². The van der Waals surface area contributed by atoms with E-state index in [1.54, 1.807) is 19.2 Å². The van der Waals surface area contributed by atoms with Gasteiger partial charge >= 0.3 is 12.1 Å². The number of nitrogens with one attached hydrogen (secondary N) is 1. The molecule has 0 spiro atoms. The lowest BCUT2D eigenvalue weighted by atomic mass is 9.97. The molecule has 2 aliphatic heterocycles. The fourth-order valence-corrected chi connectivity index (χ4v) is 4.63. The molecule has 0 amide bonds. The summed E-state index contributed by atoms with van der Waals surface area (Å²) in [7, 11) is 0. The van der Waals surface area contributed by atoms with Gasteiger partial charge in [0, 0.05) is 51.0 Å². The van der Waals surface area contributed by atoms with E-state index in [0.717, 1.165) is 57.3 Å². The third-order valence-electron chi connectivity index (χ3n) is 6.58. The first-order valence-electron chi connectivity index (χ1n) is 11.7. The molecule has 2 saturated heterocycles. The molecule has 0 atom stereocenters. The molecule has 1 N–H and O–H groups in total. The predicted molar refractivity (Wildman–Crippen MR) is 120 cm³/mol. The maximum atomic E-state index is 12.8. The summed E-state index contributed by atoms with van der Waals surface area (Å²) in [5, 5.41) is 3.39. The van der Waals surface area contributed by atoms with E-state index in [9.17, 15) is 22.8 Å². The van der Waals surface area contributed by atoms with E-state index >= 15 is 0 Å². The Bertz CT molecular complexity index is 1070. The van der Waals surface area contributed by atoms with Gasteiger partial charge in [0.25, 0.3) is 5.56 Å². The SMILES string of the molecule is CCc1cc2ncc(CN3CCN(CC4CCNCC4)CC3)cc2n(OC(=O)C(F)(F)F)c1=O. The van der Waals surface area contributed by atoms with Gasteiger partial charge in [0.1, 0.15) is 5.52 Å². The molecule has 2 fully saturated rings. The van der Waals surface area contributed by atoms with Gasteiger partial charge in [-0.15, -0.1) is 4.73 Å². The van der Waals surface area contributed by atoms with Crippen molar-refractivity contribution in [2.45, 2.75) is 38.9 Å². The highest BCUT2D eigenvalue weighted by molar-refractivity contribution is 5.79. The molecule has 34 heavy (non-hydrogen) atoms. The van der Waals surface area contributed by atoms with Gasteiger partial charge in [-0.1, -0.05) is 6.92 Å². The number of nitrogens with zero attached hydrogens (tertiary/aromatic N) is 4. The van der Waals surface area contributed by atoms with Crippen LogP contribution in [0.2, 0.25) is 0 Å². The normalized spacial score (nSPS) is 18.9.